The number of nitrogens with zero attached hydrogens (tertiary/aromatic N) is 4. The Hall–Kier alpha value is -2.75. The Morgan fingerprint density at radius 1 is 1.19 bits per heavy atom. The van der Waals surface area contributed by atoms with Crippen molar-refractivity contribution in [2.75, 3.05) is 24.7 Å². The van der Waals surface area contributed by atoms with E-state index in [1.54, 1.807) is 12.1 Å². The van der Waals surface area contributed by atoms with Crippen molar-refractivity contribution >= 4 is 16.9 Å². The van der Waals surface area contributed by atoms with Gasteiger partial charge in [0.25, 0.3) is 0 Å². The van der Waals surface area contributed by atoms with Gasteiger partial charge < -0.3 is 10.2 Å². The molecule has 1 aliphatic rings. The molecule has 1 saturated heterocycles. The normalized spacial score (nSPS) is 20.0. The van der Waals surface area contributed by atoms with Gasteiger partial charge in [-0.25, -0.2) is 14.4 Å². The fraction of sp³-hybridized carbons (Fsp3) is 0.476. The van der Waals surface area contributed by atoms with Gasteiger partial charge in [-0.2, -0.15) is 18.3 Å². The third-order valence-electron chi connectivity index (χ3n) is 5.37. The summed E-state index contributed by atoms with van der Waals surface area (Å²) in [6, 6.07) is 5.30. The minimum atomic E-state index is -4.59. The van der Waals surface area contributed by atoms with Gasteiger partial charge in [0.15, 0.2) is 5.65 Å². The average Bonchev–Trinajstić information content (AvgIpc) is 3.16. The minimum Gasteiger partial charge on any atom is -0.353 e. The monoisotopic (exact) mass is 440 g/mol. The second-order valence-electron chi connectivity index (χ2n) is 8.29. The van der Waals surface area contributed by atoms with Gasteiger partial charge in [0.2, 0.25) is 0 Å². The predicted molar refractivity (Wildman–Crippen MR) is 115 cm³/mol. The van der Waals surface area contributed by atoms with E-state index in [2.05, 4.69) is 39.3 Å². The molecule has 3 aromatic rings. The van der Waals surface area contributed by atoms with E-state index in [1.807, 2.05) is 4.90 Å². The Morgan fingerprint density at radius 3 is 2.68 bits per heavy atom. The van der Waals surface area contributed by atoms with Crippen molar-refractivity contribution in [3.8, 4) is 11.4 Å². The van der Waals surface area contributed by atoms with Crippen LogP contribution in [0, 0.1) is 5.92 Å². The molecule has 1 fully saturated rings. The quantitative estimate of drug-likeness (QED) is 0.563. The van der Waals surface area contributed by atoms with E-state index in [0.29, 0.717) is 35.9 Å². The number of pyridine rings is 2. The molecular formula is C21H28F4N6. The topological polar surface area (TPSA) is 69.7 Å². The number of alkyl halides is 4. The van der Waals surface area contributed by atoms with Crippen molar-refractivity contribution in [2.45, 2.75) is 38.5 Å². The number of hydrogen-bond donors (Lipinski definition) is 2. The summed E-state index contributed by atoms with van der Waals surface area (Å²) >= 11 is 0. The summed E-state index contributed by atoms with van der Waals surface area (Å²) < 4.78 is 54.8. The number of aromatic nitrogens is 4. The maximum atomic E-state index is 13.8. The molecule has 0 spiro atoms. The van der Waals surface area contributed by atoms with E-state index in [9.17, 15) is 17.6 Å². The van der Waals surface area contributed by atoms with E-state index >= 15 is 0 Å². The van der Waals surface area contributed by atoms with Crippen LogP contribution in [0.15, 0.2) is 30.5 Å². The van der Waals surface area contributed by atoms with Crippen molar-refractivity contribution in [1.29, 1.82) is 0 Å². The van der Waals surface area contributed by atoms with E-state index < -0.39 is 24.5 Å². The smallest absolute Gasteiger partial charge is 0.353 e. The number of hydrogen-bond acceptors (Lipinski definition) is 5. The standard InChI is InChI=1S/C21H24F4N6.2H2/c1-12(2)8-13-10-31(11-14(9-22)27-13)17-6-5-16(21(23,24)25)19(28-17)18-15-4-3-7-26-20(15)30-29-18;;/h3-7,12-14,27H,8-11H2,1-2H3,(H,26,29,30);2*1H. The van der Waals surface area contributed by atoms with E-state index in [4.69, 9.17) is 0 Å². The molecule has 31 heavy (non-hydrogen) atoms. The highest BCUT2D eigenvalue weighted by Gasteiger charge is 2.36. The summed E-state index contributed by atoms with van der Waals surface area (Å²) in [6.07, 6.45) is -2.24. The Labute approximate surface area is 180 Å². The zero-order valence-corrected chi connectivity index (χ0v) is 17.2. The van der Waals surface area contributed by atoms with Gasteiger partial charge in [0, 0.05) is 33.6 Å². The highest BCUT2D eigenvalue weighted by molar-refractivity contribution is 5.90. The number of nitrogens with one attached hydrogen (secondary N) is 2. The highest BCUT2D eigenvalue weighted by Crippen LogP contribution is 2.38. The molecule has 3 aromatic heterocycles. The molecule has 4 heterocycles. The lowest BCUT2D eigenvalue weighted by Gasteiger charge is -2.39. The molecule has 2 N–H and O–H groups in total. The summed E-state index contributed by atoms with van der Waals surface area (Å²) in [5.74, 6) is 0.779. The first-order valence-corrected chi connectivity index (χ1v) is 10.2. The number of halogens is 4. The van der Waals surface area contributed by atoms with Gasteiger partial charge in [-0.1, -0.05) is 13.8 Å². The molecule has 4 rings (SSSR count). The fourth-order valence-electron chi connectivity index (χ4n) is 4.11. The molecule has 2 unspecified atom stereocenters. The first kappa shape index (κ1) is 21.5. The SMILES string of the molecule is CC(C)CC1CN(c2ccc(C(F)(F)F)c(-c3[nH]nc4ncccc34)n2)CC(CF)N1.[HH].[HH]. The molecule has 6 nitrogen and oxygen atoms in total. The Kier molecular flexibility index (Phi) is 5.83. The van der Waals surface area contributed by atoms with Gasteiger partial charge in [-0.15, -0.1) is 0 Å². The molecular weight excluding hydrogens is 412 g/mol. The third-order valence-corrected chi connectivity index (χ3v) is 5.37. The number of aromatic amines is 1. The van der Waals surface area contributed by atoms with E-state index in [1.165, 1.54) is 12.3 Å². The van der Waals surface area contributed by atoms with Crippen molar-refractivity contribution in [3.05, 3.63) is 36.0 Å². The largest absolute Gasteiger partial charge is 0.418 e. The number of H-pyrrole nitrogens is 1. The van der Waals surface area contributed by atoms with Gasteiger partial charge in [0.05, 0.1) is 17.3 Å². The zero-order chi connectivity index (χ0) is 22.2. The highest BCUT2D eigenvalue weighted by atomic mass is 19.4. The van der Waals surface area contributed by atoms with Crippen LogP contribution in [-0.4, -0.2) is 52.0 Å². The lowest BCUT2D eigenvalue weighted by atomic mass is 9.99. The molecule has 170 valence electrons. The first-order chi connectivity index (χ1) is 14.8. The number of rotatable bonds is 5. The van der Waals surface area contributed by atoms with E-state index in [0.717, 1.165) is 12.5 Å². The van der Waals surface area contributed by atoms with E-state index in [-0.39, 0.29) is 20.3 Å². The predicted octanol–water partition coefficient (Wildman–Crippen LogP) is 4.69. The minimum absolute atomic E-state index is 0. The molecule has 0 amide bonds. The van der Waals surface area contributed by atoms with Crippen LogP contribution in [0.2, 0.25) is 0 Å². The molecule has 0 bridgehead atoms. The number of fused-ring (bicyclic) bond motifs is 1. The van der Waals surface area contributed by atoms with Crippen LogP contribution in [-0.2, 0) is 6.18 Å². The van der Waals surface area contributed by atoms with Crippen LogP contribution in [0.25, 0.3) is 22.4 Å². The lowest BCUT2D eigenvalue weighted by Crippen LogP contribution is -2.58. The maximum Gasteiger partial charge on any atom is 0.418 e. The number of anilines is 1. The van der Waals surface area contributed by atoms with Crippen molar-refractivity contribution < 1.29 is 20.4 Å². The van der Waals surface area contributed by atoms with Crippen LogP contribution in [0.5, 0.6) is 0 Å². The molecule has 0 saturated carbocycles. The van der Waals surface area contributed by atoms with Crippen molar-refractivity contribution in [3.63, 3.8) is 0 Å². The lowest BCUT2D eigenvalue weighted by molar-refractivity contribution is -0.137. The second-order valence-corrected chi connectivity index (χ2v) is 8.29. The van der Waals surface area contributed by atoms with Crippen LogP contribution in [0.4, 0.5) is 23.4 Å². The van der Waals surface area contributed by atoms with Gasteiger partial charge in [-0.3, -0.25) is 5.10 Å². The van der Waals surface area contributed by atoms with Gasteiger partial charge >= 0.3 is 6.18 Å². The van der Waals surface area contributed by atoms with Crippen molar-refractivity contribution in [2.24, 2.45) is 5.92 Å². The molecule has 2 atom stereocenters. The summed E-state index contributed by atoms with van der Waals surface area (Å²) in [5, 5.41) is 10.4. The van der Waals surface area contributed by atoms with Gasteiger partial charge in [0.1, 0.15) is 18.2 Å². The third kappa shape index (κ3) is 4.48. The van der Waals surface area contributed by atoms with Crippen LogP contribution < -0.4 is 10.2 Å². The Bertz CT molecular complexity index is 1060. The van der Waals surface area contributed by atoms with Crippen LogP contribution >= 0.6 is 0 Å². The zero-order valence-electron chi connectivity index (χ0n) is 17.2. The van der Waals surface area contributed by atoms with Gasteiger partial charge in [-0.05, 0) is 36.6 Å². The fourth-order valence-corrected chi connectivity index (χ4v) is 4.11. The molecule has 1 aliphatic heterocycles. The summed E-state index contributed by atoms with van der Waals surface area (Å²) in [4.78, 5) is 10.3. The summed E-state index contributed by atoms with van der Waals surface area (Å²) in [7, 11) is 0. The van der Waals surface area contributed by atoms with Crippen LogP contribution in [0.3, 0.4) is 0 Å². The first-order valence-electron chi connectivity index (χ1n) is 10.2. The molecule has 0 aliphatic carbocycles. The summed E-state index contributed by atoms with van der Waals surface area (Å²) in [6.45, 7) is 4.47. The Morgan fingerprint density at radius 2 is 1.97 bits per heavy atom. The second kappa shape index (κ2) is 8.41. The molecule has 0 aromatic carbocycles. The Balaban J connectivity index is 0.00000193. The molecule has 10 heteroatoms. The average molecular weight is 440 g/mol. The summed E-state index contributed by atoms with van der Waals surface area (Å²) in [5.41, 5.74) is -0.625. The van der Waals surface area contributed by atoms with Crippen molar-refractivity contribution in [1.82, 2.24) is 25.5 Å². The maximum absolute atomic E-state index is 13.8. The number of piperazine rings is 1. The molecule has 0 radical (unpaired) electrons. The van der Waals surface area contributed by atoms with Crippen LogP contribution in [0.1, 0.15) is 28.7 Å².